The van der Waals surface area contributed by atoms with Crippen LogP contribution in [0.5, 0.6) is 0 Å². The third-order valence-electron chi connectivity index (χ3n) is 5.22. The summed E-state index contributed by atoms with van der Waals surface area (Å²) in [6.07, 6.45) is 4.51. The lowest BCUT2D eigenvalue weighted by atomic mass is 10.1. The fourth-order valence-electron chi connectivity index (χ4n) is 3.96. The normalized spacial score (nSPS) is 26.0. The smallest absolute Gasteiger partial charge is 0.273 e. The Balaban J connectivity index is 1.67. The third-order valence-corrected chi connectivity index (χ3v) is 5.22. The number of rotatable bonds is 6. The number of para-hydroxylation sites is 1. The van der Waals surface area contributed by atoms with Crippen LogP contribution in [-0.2, 0) is 6.54 Å². The molecule has 0 bridgehead atoms. The molecule has 2 aliphatic heterocycles. The molecule has 2 heterocycles. The van der Waals surface area contributed by atoms with Gasteiger partial charge in [0.1, 0.15) is 0 Å². The minimum atomic E-state index is -0.289. The topological polar surface area (TPSA) is 69.9 Å². The lowest BCUT2D eigenvalue weighted by Gasteiger charge is -2.31. The number of nitro groups is 1. The Morgan fingerprint density at radius 2 is 1.83 bits per heavy atom. The molecule has 0 radical (unpaired) electrons. The highest BCUT2D eigenvalue weighted by Gasteiger charge is 2.32. The molecule has 2 atom stereocenters. The zero-order valence-electron chi connectivity index (χ0n) is 13.4. The van der Waals surface area contributed by atoms with Crippen molar-refractivity contribution in [1.82, 2.24) is 9.80 Å². The van der Waals surface area contributed by atoms with Gasteiger partial charge in [0, 0.05) is 36.8 Å². The fraction of sp³-hybridized carbons (Fsp3) is 0.647. The minimum Gasteiger partial charge on any atom is -0.395 e. The summed E-state index contributed by atoms with van der Waals surface area (Å²) < 4.78 is 0. The fourth-order valence-corrected chi connectivity index (χ4v) is 3.96. The molecule has 0 saturated carbocycles. The van der Waals surface area contributed by atoms with Crippen LogP contribution in [0.15, 0.2) is 24.3 Å². The van der Waals surface area contributed by atoms with E-state index < -0.39 is 0 Å². The highest BCUT2D eigenvalue weighted by atomic mass is 16.6. The van der Waals surface area contributed by atoms with Crippen LogP contribution in [0.25, 0.3) is 0 Å². The van der Waals surface area contributed by atoms with E-state index in [1.807, 2.05) is 12.1 Å². The van der Waals surface area contributed by atoms with Gasteiger partial charge in [0.25, 0.3) is 5.69 Å². The van der Waals surface area contributed by atoms with Gasteiger partial charge in [-0.05, 0) is 38.8 Å². The summed E-state index contributed by atoms with van der Waals surface area (Å²) in [4.78, 5) is 15.7. The van der Waals surface area contributed by atoms with Gasteiger partial charge in [-0.2, -0.15) is 0 Å². The Hall–Kier alpha value is -1.50. The molecule has 126 valence electrons. The SMILES string of the molecule is O=[N+]([O-])c1ccccc1CN1CCCC1CN1CCCC1CO. The zero-order valence-corrected chi connectivity index (χ0v) is 13.4. The first kappa shape index (κ1) is 16.4. The van der Waals surface area contributed by atoms with Gasteiger partial charge in [-0.25, -0.2) is 0 Å². The van der Waals surface area contributed by atoms with Crippen LogP contribution in [0.3, 0.4) is 0 Å². The summed E-state index contributed by atoms with van der Waals surface area (Å²) in [5, 5.41) is 20.7. The number of benzene rings is 1. The molecule has 1 aromatic rings. The second-order valence-corrected chi connectivity index (χ2v) is 6.63. The molecule has 3 rings (SSSR count). The second kappa shape index (κ2) is 7.38. The van der Waals surface area contributed by atoms with Crippen molar-refractivity contribution in [3.05, 3.63) is 39.9 Å². The van der Waals surface area contributed by atoms with Crippen LogP contribution in [0, 0.1) is 10.1 Å². The van der Waals surface area contributed by atoms with E-state index in [-0.39, 0.29) is 17.2 Å². The van der Waals surface area contributed by atoms with Gasteiger partial charge in [-0.1, -0.05) is 18.2 Å². The predicted molar refractivity (Wildman–Crippen MR) is 88.2 cm³/mol. The molecule has 0 aromatic heterocycles. The molecule has 23 heavy (non-hydrogen) atoms. The quantitative estimate of drug-likeness (QED) is 0.641. The number of likely N-dealkylation sites (tertiary alicyclic amines) is 2. The Morgan fingerprint density at radius 1 is 1.13 bits per heavy atom. The largest absolute Gasteiger partial charge is 0.395 e. The van der Waals surface area contributed by atoms with Crippen LogP contribution in [-0.4, -0.2) is 58.2 Å². The maximum absolute atomic E-state index is 11.2. The molecule has 2 aliphatic rings. The molecule has 0 spiro atoms. The molecule has 0 amide bonds. The first-order valence-electron chi connectivity index (χ1n) is 8.50. The monoisotopic (exact) mass is 319 g/mol. The predicted octanol–water partition coefficient (Wildman–Crippen LogP) is 2.02. The van der Waals surface area contributed by atoms with Gasteiger partial charge in [0.2, 0.25) is 0 Å². The van der Waals surface area contributed by atoms with E-state index in [1.54, 1.807) is 12.1 Å². The molecule has 2 unspecified atom stereocenters. The number of aliphatic hydroxyl groups is 1. The molecule has 2 saturated heterocycles. The van der Waals surface area contributed by atoms with E-state index in [9.17, 15) is 15.2 Å². The van der Waals surface area contributed by atoms with Crippen LogP contribution in [0.4, 0.5) is 5.69 Å². The van der Waals surface area contributed by atoms with Gasteiger partial charge < -0.3 is 5.11 Å². The van der Waals surface area contributed by atoms with Crippen LogP contribution in [0.2, 0.25) is 0 Å². The third kappa shape index (κ3) is 3.71. The first-order valence-corrected chi connectivity index (χ1v) is 8.50. The average Bonchev–Trinajstić information content (AvgIpc) is 3.17. The van der Waals surface area contributed by atoms with Crippen molar-refractivity contribution in [2.45, 2.75) is 44.3 Å². The first-order chi connectivity index (χ1) is 11.2. The summed E-state index contributed by atoms with van der Waals surface area (Å²) in [7, 11) is 0. The van der Waals surface area contributed by atoms with Crippen molar-refractivity contribution < 1.29 is 10.0 Å². The summed E-state index contributed by atoms with van der Waals surface area (Å²) in [6, 6.07) is 7.77. The minimum absolute atomic E-state index is 0.215. The molecule has 1 aromatic carbocycles. The van der Waals surface area contributed by atoms with Crippen molar-refractivity contribution in [1.29, 1.82) is 0 Å². The summed E-state index contributed by atoms with van der Waals surface area (Å²) in [6.45, 7) is 3.89. The number of hydrogen-bond acceptors (Lipinski definition) is 5. The Bertz CT molecular complexity index is 552. The van der Waals surface area contributed by atoms with E-state index in [2.05, 4.69) is 9.80 Å². The van der Waals surface area contributed by atoms with Crippen molar-refractivity contribution in [3.8, 4) is 0 Å². The van der Waals surface area contributed by atoms with Crippen LogP contribution >= 0.6 is 0 Å². The van der Waals surface area contributed by atoms with Crippen LogP contribution in [0.1, 0.15) is 31.2 Å². The molecule has 1 N–H and O–H groups in total. The molecule has 6 nitrogen and oxygen atoms in total. The second-order valence-electron chi connectivity index (χ2n) is 6.63. The van der Waals surface area contributed by atoms with E-state index >= 15 is 0 Å². The van der Waals surface area contributed by atoms with Gasteiger partial charge in [0.05, 0.1) is 11.5 Å². The van der Waals surface area contributed by atoms with Gasteiger partial charge >= 0.3 is 0 Å². The summed E-state index contributed by atoms with van der Waals surface area (Å²) >= 11 is 0. The van der Waals surface area contributed by atoms with Crippen LogP contribution < -0.4 is 0 Å². The van der Waals surface area contributed by atoms with E-state index in [4.69, 9.17) is 0 Å². The Morgan fingerprint density at radius 3 is 2.57 bits per heavy atom. The van der Waals surface area contributed by atoms with Crippen molar-refractivity contribution in [2.75, 3.05) is 26.2 Å². The number of nitrogens with zero attached hydrogens (tertiary/aromatic N) is 3. The molecule has 0 aliphatic carbocycles. The number of aliphatic hydroxyl groups excluding tert-OH is 1. The van der Waals surface area contributed by atoms with Crippen molar-refractivity contribution in [2.24, 2.45) is 0 Å². The lowest BCUT2D eigenvalue weighted by molar-refractivity contribution is -0.385. The number of nitro benzene ring substituents is 1. The number of hydrogen-bond donors (Lipinski definition) is 1. The maximum Gasteiger partial charge on any atom is 0.273 e. The highest BCUT2D eigenvalue weighted by molar-refractivity contribution is 5.39. The summed E-state index contributed by atoms with van der Waals surface area (Å²) in [5.41, 5.74) is 1.01. The zero-order chi connectivity index (χ0) is 16.2. The van der Waals surface area contributed by atoms with Crippen molar-refractivity contribution >= 4 is 5.69 Å². The summed E-state index contributed by atoms with van der Waals surface area (Å²) in [5.74, 6) is 0. The highest BCUT2D eigenvalue weighted by Crippen LogP contribution is 2.27. The van der Waals surface area contributed by atoms with Gasteiger partial charge in [-0.15, -0.1) is 0 Å². The van der Waals surface area contributed by atoms with E-state index in [0.717, 1.165) is 50.9 Å². The Labute approximate surface area is 136 Å². The van der Waals surface area contributed by atoms with E-state index in [1.165, 1.54) is 0 Å². The Kier molecular flexibility index (Phi) is 5.25. The van der Waals surface area contributed by atoms with E-state index in [0.29, 0.717) is 18.6 Å². The van der Waals surface area contributed by atoms with Crippen molar-refractivity contribution in [3.63, 3.8) is 0 Å². The van der Waals surface area contributed by atoms with Gasteiger partial charge in [-0.3, -0.25) is 19.9 Å². The molecule has 6 heteroatoms. The molecular weight excluding hydrogens is 294 g/mol. The lowest BCUT2D eigenvalue weighted by Crippen LogP contribution is -2.43. The maximum atomic E-state index is 11.2. The van der Waals surface area contributed by atoms with Gasteiger partial charge in [0.15, 0.2) is 0 Å². The average molecular weight is 319 g/mol. The molecule has 2 fully saturated rings. The molecular formula is C17H25N3O3. The standard InChI is InChI=1S/C17H25N3O3/c21-13-16-7-4-10-19(16)12-15-6-3-9-18(15)11-14-5-1-2-8-17(14)20(22)23/h1-2,5,8,15-16,21H,3-4,6-7,9-13H2.